The molecule has 2 aromatic carbocycles. The zero-order chi connectivity index (χ0) is 25.5. The number of H-pyrrole nitrogens is 1. The fourth-order valence-electron chi connectivity index (χ4n) is 5.61. The maximum Gasteiger partial charge on any atom is 0.253 e. The Balaban J connectivity index is 1.21. The van der Waals surface area contributed by atoms with Gasteiger partial charge in [0.1, 0.15) is 5.65 Å². The Labute approximate surface area is 218 Å². The number of hydrogen-bond donors (Lipinski definition) is 1. The first-order valence-electron chi connectivity index (χ1n) is 13.3. The van der Waals surface area contributed by atoms with Gasteiger partial charge in [0.25, 0.3) is 5.91 Å². The molecule has 0 spiro atoms. The number of benzene rings is 2. The number of likely N-dealkylation sites (tertiary alicyclic amines) is 2. The fraction of sp³-hybridized carbons (Fsp3) is 0.355. The number of amides is 1. The summed E-state index contributed by atoms with van der Waals surface area (Å²) < 4.78 is 0. The average Bonchev–Trinajstić information content (AvgIpc) is 3.31. The topological polar surface area (TPSA) is 55.5 Å². The first-order chi connectivity index (χ1) is 18.0. The van der Waals surface area contributed by atoms with Gasteiger partial charge in [-0.15, -0.1) is 0 Å². The number of pyridine rings is 1. The molecule has 4 aromatic rings. The Bertz CT molecular complexity index is 1390. The van der Waals surface area contributed by atoms with Gasteiger partial charge in [-0.1, -0.05) is 36.4 Å². The van der Waals surface area contributed by atoms with Gasteiger partial charge in [0.2, 0.25) is 0 Å². The van der Waals surface area contributed by atoms with Crippen LogP contribution in [0.3, 0.4) is 0 Å². The van der Waals surface area contributed by atoms with Crippen LogP contribution in [-0.4, -0.2) is 83.9 Å². The molecule has 6 rings (SSSR count). The van der Waals surface area contributed by atoms with E-state index in [1.807, 2.05) is 41.6 Å². The van der Waals surface area contributed by atoms with Crippen LogP contribution in [0.5, 0.6) is 0 Å². The lowest BCUT2D eigenvalue weighted by atomic mass is 9.89. The third-order valence-electron chi connectivity index (χ3n) is 8.29. The number of fused-ring (bicyclic) bond motifs is 1. The normalized spacial score (nSPS) is 17.5. The third-order valence-corrected chi connectivity index (χ3v) is 8.29. The van der Waals surface area contributed by atoms with E-state index in [1.54, 1.807) is 0 Å². The van der Waals surface area contributed by atoms with Crippen molar-refractivity contribution in [2.24, 2.45) is 0 Å². The van der Waals surface area contributed by atoms with Crippen LogP contribution < -0.4 is 0 Å². The van der Waals surface area contributed by atoms with Gasteiger partial charge in [0.05, 0.1) is 0 Å². The van der Waals surface area contributed by atoms with Gasteiger partial charge < -0.3 is 19.7 Å². The number of likely N-dealkylation sites (N-methyl/N-ethyl adjacent to an activating group) is 1. The van der Waals surface area contributed by atoms with Gasteiger partial charge in [-0.25, -0.2) is 4.98 Å². The monoisotopic (exact) mass is 493 g/mol. The number of aromatic nitrogens is 2. The number of carbonyl (C=O) groups excluding carboxylic acids is 1. The van der Waals surface area contributed by atoms with Crippen molar-refractivity contribution in [3.63, 3.8) is 0 Å². The van der Waals surface area contributed by atoms with Crippen LogP contribution in [0.1, 0.15) is 34.7 Å². The zero-order valence-corrected chi connectivity index (χ0v) is 21.9. The summed E-state index contributed by atoms with van der Waals surface area (Å²) >= 11 is 0. The summed E-state index contributed by atoms with van der Waals surface area (Å²) in [5, 5.41) is 1.09. The lowest BCUT2D eigenvalue weighted by molar-refractivity contribution is 0.0399. The van der Waals surface area contributed by atoms with Crippen LogP contribution in [0.4, 0.5) is 0 Å². The second kappa shape index (κ2) is 9.77. The largest absolute Gasteiger partial charge is 0.346 e. The van der Waals surface area contributed by atoms with E-state index in [9.17, 15) is 4.79 Å². The Morgan fingerprint density at radius 3 is 2.30 bits per heavy atom. The molecule has 4 heterocycles. The minimum Gasteiger partial charge on any atom is -0.346 e. The summed E-state index contributed by atoms with van der Waals surface area (Å²) in [5.41, 5.74) is 7.53. The molecule has 0 unspecified atom stereocenters. The molecule has 2 aliphatic heterocycles. The van der Waals surface area contributed by atoms with E-state index in [4.69, 9.17) is 4.98 Å². The molecule has 6 nitrogen and oxygen atoms in total. The number of carbonyl (C=O) groups is 1. The summed E-state index contributed by atoms with van der Waals surface area (Å²) in [7, 11) is 6.34. The molecule has 2 aliphatic rings. The van der Waals surface area contributed by atoms with Crippen molar-refractivity contribution < 1.29 is 4.79 Å². The Hall–Kier alpha value is -3.48. The summed E-state index contributed by atoms with van der Waals surface area (Å²) in [6, 6.07) is 19.7. The van der Waals surface area contributed by atoms with E-state index in [0.717, 1.165) is 46.4 Å². The molecule has 0 bridgehead atoms. The second-order valence-electron chi connectivity index (χ2n) is 10.9. The van der Waals surface area contributed by atoms with Crippen LogP contribution >= 0.6 is 0 Å². The number of nitrogens with one attached hydrogen (secondary N) is 1. The van der Waals surface area contributed by atoms with E-state index in [2.05, 4.69) is 66.3 Å². The highest BCUT2D eigenvalue weighted by molar-refractivity contribution is 5.98. The molecule has 1 N–H and O–H groups in total. The second-order valence-corrected chi connectivity index (χ2v) is 10.9. The minimum atomic E-state index is 0.108. The minimum absolute atomic E-state index is 0.108. The maximum atomic E-state index is 12.8. The molecule has 0 atom stereocenters. The smallest absolute Gasteiger partial charge is 0.253 e. The quantitative estimate of drug-likeness (QED) is 0.421. The van der Waals surface area contributed by atoms with Gasteiger partial charge in [0, 0.05) is 53.6 Å². The van der Waals surface area contributed by atoms with Crippen molar-refractivity contribution in [2.45, 2.75) is 24.8 Å². The van der Waals surface area contributed by atoms with E-state index < -0.39 is 0 Å². The highest BCUT2D eigenvalue weighted by Crippen LogP contribution is 2.33. The summed E-state index contributed by atoms with van der Waals surface area (Å²) in [5.74, 6) is 0.767. The highest BCUT2D eigenvalue weighted by atomic mass is 16.2. The number of nitrogens with zero attached hydrogens (tertiary/aromatic N) is 4. The van der Waals surface area contributed by atoms with E-state index in [0.29, 0.717) is 12.0 Å². The van der Waals surface area contributed by atoms with Crippen molar-refractivity contribution in [3.05, 3.63) is 78.1 Å². The number of hydrogen-bond acceptors (Lipinski definition) is 4. The predicted octanol–water partition coefficient (Wildman–Crippen LogP) is 5.09. The average molecular weight is 494 g/mol. The van der Waals surface area contributed by atoms with Crippen LogP contribution in [0.15, 0.2) is 67.0 Å². The van der Waals surface area contributed by atoms with Gasteiger partial charge in [-0.3, -0.25) is 4.79 Å². The van der Waals surface area contributed by atoms with Crippen molar-refractivity contribution in [1.29, 1.82) is 0 Å². The fourth-order valence-corrected chi connectivity index (χ4v) is 5.61. The van der Waals surface area contributed by atoms with Crippen LogP contribution in [0.25, 0.3) is 33.3 Å². The van der Waals surface area contributed by atoms with Crippen molar-refractivity contribution >= 4 is 16.9 Å². The zero-order valence-electron chi connectivity index (χ0n) is 21.9. The SMILES string of the molecule is CN1CCC(c2ccc(-c3cnc4[nH]cc(-c5ccc(C(=O)N6CC(N(C)C)C6)cc5)c4c3)cc2)CC1. The van der Waals surface area contributed by atoms with Crippen molar-refractivity contribution in [3.8, 4) is 22.3 Å². The molecule has 0 saturated carbocycles. The molecule has 0 radical (unpaired) electrons. The van der Waals surface area contributed by atoms with E-state index in [-0.39, 0.29) is 5.91 Å². The Kier molecular flexibility index (Phi) is 6.31. The molecular weight excluding hydrogens is 458 g/mol. The molecule has 2 fully saturated rings. The summed E-state index contributed by atoms with van der Waals surface area (Å²) in [4.78, 5) is 27.4. The summed E-state index contributed by atoms with van der Waals surface area (Å²) in [6.07, 6.45) is 6.42. The lowest BCUT2D eigenvalue weighted by Gasteiger charge is -2.42. The molecule has 37 heavy (non-hydrogen) atoms. The van der Waals surface area contributed by atoms with Crippen LogP contribution in [-0.2, 0) is 0 Å². The molecule has 0 aliphatic carbocycles. The highest BCUT2D eigenvalue weighted by Gasteiger charge is 2.32. The molecule has 190 valence electrons. The standard InChI is InChI=1S/C31H35N5O/c1-34(2)27-19-36(20-27)31(37)25-10-8-24(9-11-25)29-18-33-30-28(29)16-26(17-32-30)22-6-4-21(5-7-22)23-12-14-35(3)15-13-23/h4-11,16-18,23,27H,12-15,19-20H2,1-3H3,(H,32,33). The van der Waals surface area contributed by atoms with Gasteiger partial charge >= 0.3 is 0 Å². The molecule has 6 heteroatoms. The van der Waals surface area contributed by atoms with Crippen molar-refractivity contribution in [1.82, 2.24) is 24.7 Å². The van der Waals surface area contributed by atoms with Crippen LogP contribution in [0, 0.1) is 0 Å². The van der Waals surface area contributed by atoms with Crippen molar-refractivity contribution in [2.75, 3.05) is 47.3 Å². The Morgan fingerprint density at radius 1 is 0.946 bits per heavy atom. The molecular formula is C31H35N5O. The lowest BCUT2D eigenvalue weighted by Crippen LogP contribution is -2.59. The predicted molar refractivity (Wildman–Crippen MR) is 150 cm³/mol. The first kappa shape index (κ1) is 23.9. The summed E-state index contributed by atoms with van der Waals surface area (Å²) in [6.45, 7) is 3.94. The van der Waals surface area contributed by atoms with E-state index in [1.165, 1.54) is 37.1 Å². The number of rotatable bonds is 5. The van der Waals surface area contributed by atoms with E-state index >= 15 is 0 Å². The molecule has 1 amide bonds. The molecule has 2 aromatic heterocycles. The number of piperidine rings is 1. The molecule has 2 saturated heterocycles. The Morgan fingerprint density at radius 2 is 1.62 bits per heavy atom. The van der Waals surface area contributed by atoms with Gasteiger partial charge in [0.15, 0.2) is 0 Å². The van der Waals surface area contributed by atoms with Gasteiger partial charge in [-0.05, 0) is 87.9 Å². The first-order valence-corrected chi connectivity index (χ1v) is 13.3. The van der Waals surface area contributed by atoms with Crippen LogP contribution in [0.2, 0.25) is 0 Å². The van der Waals surface area contributed by atoms with Gasteiger partial charge in [-0.2, -0.15) is 0 Å². The number of aromatic amines is 1. The maximum absolute atomic E-state index is 12.8. The third kappa shape index (κ3) is 4.67.